The number of nitrogens with one attached hydrogen (secondary N) is 2. The molecule has 1 aromatic rings. The van der Waals surface area contributed by atoms with Crippen molar-refractivity contribution in [2.75, 3.05) is 10.6 Å². The van der Waals surface area contributed by atoms with Gasteiger partial charge in [-0.25, -0.2) is 0 Å². The van der Waals surface area contributed by atoms with Crippen LogP contribution in [-0.2, 0) is 9.59 Å². The zero-order chi connectivity index (χ0) is 15.1. The molecule has 2 amide bonds. The van der Waals surface area contributed by atoms with Crippen LogP contribution < -0.4 is 16.4 Å². The molecule has 5 heteroatoms. The van der Waals surface area contributed by atoms with Gasteiger partial charge in [0, 0.05) is 18.3 Å². The number of anilines is 2. The van der Waals surface area contributed by atoms with E-state index in [1.165, 1.54) is 6.92 Å². The molecule has 0 radical (unpaired) electrons. The number of hydrogen-bond acceptors (Lipinski definition) is 3. The van der Waals surface area contributed by atoms with E-state index in [2.05, 4.69) is 17.6 Å². The van der Waals surface area contributed by atoms with Crippen molar-refractivity contribution in [3.63, 3.8) is 0 Å². The van der Waals surface area contributed by atoms with Gasteiger partial charge in [-0.3, -0.25) is 9.59 Å². The van der Waals surface area contributed by atoms with Gasteiger partial charge in [-0.15, -0.1) is 0 Å². The predicted octanol–water partition coefficient (Wildman–Crippen LogP) is 2.41. The van der Waals surface area contributed by atoms with Gasteiger partial charge in [-0.05, 0) is 37.1 Å². The zero-order valence-corrected chi connectivity index (χ0v) is 12.3. The Kier molecular flexibility index (Phi) is 6.18. The lowest BCUT2D eigenvalue weighted by Gasteiger charge is -2.13. The number of rotatable bonds is 6. The third-order valence-electron chi connectivity index (χ3n) is 3.01. The summed E-state index contributed by atoms with van der Waals surface area (Å²) in [6.45, 7) is 5.40. The van der Waals surface area contributed by atoms with Crippen LogP contribution in [0.1, 0.15) is 38.7 Å². The quantitative estimate of drug-likeness (QED) is 0.746. The summed E-state index contributed by atoms with van der Waals surface area (Å²) in [5, 5.41) is 5.52. The number of benzene rings is 1. The topological polar surface area (TPSA) is 84.2 Å². The predicted molar refractivity (Wildman–Crippen MR) is 81.6 cm³/mol. The van der Waals surface area contributed by atoms with E-state index >= 15 is 0 Å². The summed E-state index contributed by atoms with van der Waals surface area (Å²) < 4.78 is 0. The van der Waals surface area contributed by atoms with Gasteiger partial charge in [0.1, 0.15) is 0 Å². The van der Waals surface area contributed by atoms with E-state index in [0.717, 1.165) is 24.1 Å². The van der Waals surface area contributed by atoms with Gasteiger partial charge >= 0.3 is 0 Å². The number of nitrogens with two attached hydrogens (primary N) is 1. The second kappa shape index (κ2) is 7.65. The maximum atomic E-state index is 11.9. The molecule has 0 aromatic heterocycles. The minimum Gasteiger partial charge on any atom is -0.326 e. The molecular formula is C15H23N3O2. The molecule has 5 nitrogen and oxygen atoms in total. The first-order valence-electron chi connectivity index (χ1n) is 6.88. The Labute approximate surface area is 119 Å². The zero-order valence-electron chi connectivity index (χ0n) is 12.3. The molecule has 1 unspecified atom stereocenters. The average molecular weight is 277 g/mol. The van der Waals surface area contributed by atoms with Crippen LogP contribution >= 0.6 is 0 Å². The van der Waals surface area contributed by atoms with Crippen molar-refractivity contribution in [1.29, 1.82) is 0 Å². The third kappa shape index (κ3) is 5.01. The second-order valence-corrected chi connectivity index (χ2v) is 4.95. The smallest absolute Gasteiger partial charge is 0.241 e. The lowest BCUT2D eigenvalue weighted by molar-refractivity contribution is -0.117. The Hall–Kier alpha value is -1.88. The molecule has 0 spiro atoms. The van der Waals surface area contributed by atoms with E-state index < -0.39 is 6.04 Å². The Bertz CT molecular complexity index is 486. The molecule has 1 aromatic carbocycles. The van der Waals surface area contributed by atoms with Gasteiger partial charge in [0.2, 0.25) is 11.8 Å². The molecule has 1 atom stereocenters. The molecule has 0 heterocycles. The van der Waals surface area contributed by atoms with Gasteiger partial charge in [0.25, 0.3) is 0 Å². The highest BCUT2D eigenvalue weighted by Gasteiger charge is 2.13. The number of hydrogen-bond donors (Lipinski definition) is 3. The molecule has 0 saturated heterocycles. The summed E-state index contributed by atoms with van der Waals surface area (Å²) in [6, 6.07) is 4.85. The van der Waals surface area contributed by atoms with Crippen LogP contribution in [0.3, 0.4) is 0 Å². The normalized spacial score (nSPS) is 11.8. The van der Waals surface area contributed by atoms with Crippen LogP contribution in [0.15, 0.2) is 18.2 Å². The van der Waals surface area contributed by atoms with Gasteiger partial charge in [-0.1, -0.05) is 19.8 Å². The van der Waals surface area contributed by atoms with Crippen LogP contribution in [0.5, 0.6) is 0 Å². The first-order chi connectivity index (χ1) is 9.43. The fourth-order valence-corrected chi connectivity index (χ4v) is 1.86. The average Bonchev–Trinajstić information content (AvgIpc) is 2.38. The van der Waals surface area contributed by atoms with Crippen LogP contribution in [0.2, 0.25) is 0 Å². The minimum atomic E-state index is -0.481. The molecule has 110 valence electrons. The van der Waals surface area contributed by atoms with E-state index in [1.807, 2.05) is 13.0 Å². The number of aryl methyl sites for hydroxylation is 1. The highest BCUT2D eigenvalue weighted by atomic mass is 16.2. The van der Waals surface area contributed by atoms with Gasteiger partial charge in [0.15, 0.2) is 0 Å². The Morgan fingerprint density at radius 3 is 2.55 bits per heavy atom. The number of carbonyl (C=O) groups is 2. The number of carbonyl (C=O) groups excluding carboxylic acids is 2. The fourth-order valence-electron chi connectivity index (χ4n) is 1.86. The maximum Gasteiger partial charge on any atom is 0.241 e. The standard InChI is InChI=1S/C15H23N3O2/c1-4-5-6-13(16)15(20)18-12-7-8-14(10(2)9-12)17-11(3)19/h7-9,13H,4-6,16H2,1-3H3,(H,17,19)(H,18,20). The van der Waals surface area contributed by atoms with E-state index in [-0.39, 0.29) is 11.8 Å². The Morgan fingerprint density at radius 1 is 1.30 bits per heavy atom. The van der Waals surface area contributed by atoms with Crippen molar-refractivity contribution in [3.05, 3.63) is 23.8 Å². The van der Waals surface area contributed by atoms with E-state index in [9.17, 15) is 9.59 Å². The number of unbranched alkanes of at least 4 members (excludes halogenated alkanes) is 1. The Morgan fingerprint density at radius 2 is 2.00 bits per heavy atom. The summed E-state index contributed by atoms with van der Waals surface area (Å²) in [5.41, 5.74) is 8.13. The molecule has 0 saturated carbocycles. The monoisotopic (exact) mass is 277 g/mol. The maximum absolute atomic E-state index is 11.9. The van der Waals surface area contributed by atoms with Gasteiger partial charge < -0.3 is 16.4 Å². The van der Waals surface area contributed by atoms with E-state index in [4.69, 9.17) is 5.73 Å². The molecule has 1 rings (SSSR count). The molecule has 0 aliphatic rings. The molecular weight excluding hydrogens is 254 g/mol. The molecule has 20 heavy (non-hydrogen) atoms. The largest absolute Gasteiger partial charge is 0.326 e. The second-order valence-electron chi connectivity index (χ2n) is 4.95. The minimum absolute atomic E-state index is 0.119. The summed E-state index contributed by atoms with van der Waals surface area (Å²) >= 11 is 0. The molecule has 0 bridgehead atoms. The van der Waals surface area contributed by atoms with Crippen LogP contribution in [-0.4, -0.2) is 17.9 Å². The van der Waals surface area contributed by atoms with Crippen molar-refractivity contribution in [2.24, 2.45) is 5.73 Å². The van der Waals surface area contributed by atoms with Gasteiger partial charge in [-0.2, -0.15) is 0 Å². The number of amides is 2. The Balaban J connectivity index is 2.67. The van der Waals surface area contributed by atoms with E-state index in [0.29, 0.717) is 12.1 Å². The summed E-state index contributed by atoms with van der Waals surface area (Å²) in [7, 11) is 0. The third-order valence-corrected chi connectivity index (χ3v) is 3.01. The van der Waals surface area contributed by atoms with Crippen LogP contribution in [0.4, 0.5) is 11.4 Å². The highest BCUT2D eigenvalue weighted by Crippen LogP contribution is 2.20. The summed E-state index contributed by atoms with van der Waals surface area (Å²) in [6.07, 6.45) is 2.64. The SMILES string of the molecule is CCCCC(N)C(=O)Nc1ccc(NC(C)=O)c(C)c1. The summed E-state index contributed by atoms with van der Waals surface area (Å²) in [4.78, 5) is 22.9. The lowest BCUT2D eigenvalue weighted by Crippen LogP contribution is -2.35. The van der Waals surface area contributed by atoms with E-state index in [1.54, 1.807) is 12.1 Å². The summed E-state index contributed by atoms with van der Waals surface area (Å²) in [5.74, 6) is -0.295. The molecule has 0 fully saturated rings. The first-order valence-corrected chi connectivity index (χ1v) is 6.88. The van der Waals surface area contributed by atoms with Crippen LogP contribution in [0.25, 0.3) is 0 Å². The van der Waals surface area contributed by atoms with Crippen molar-refractivity contribution < 1.29 is 9.59 Å². The lowest BCUT2D eigenvalue weighted by atomic mass is 10.1. The van der Waals surface area contributed by atoms with Crippen molar-refractivity contribution in [1.82, 2.24) is 0 Å². The van der Waals surface area contributed by atoms with Gasteiger partial charge in [0.05, 0.1) is 6.04 Å². The fraction of sp³-hybridized carbons (Fsp3) is 0.467. The first kappa shape index (κ1) is 16.2. The van der Waals surface area contributed by atoms with Crippen molar-refractivity contribution in [3.8, 4) is 0 Å². The molecule has 0 aliphatic heterocycles. The molecule has 0 aliphatic carbocycles. The van der Waals surface area contributed by atoms with Crippen molar-refractivity contribution in [2.45, 2.75) is 46.1 Å². The highest BCUT2D eigenvalue weighted by molar-refractivity contribution is 5.95. The van der Waals surface area contributed by atoms with Crippen LogP contribution in [0, 0.1) is 6.92 Å². The molecule has 4 N–H and O–H groups in total. The van der Waals surface area contributed by atoms with Crippen molar-refractivity contribution >= 4 is 23.2 Å².